The Morgan fingerprint density at radius 2 is 2.00 bits per heavy atom. The van der Waals surface area contributed by atoms with Crippen LogP contribution in [-0.4, -0.2) is 38.0 Å². The van der Waals surface area contributed by atoms with E-state index in [0.717, 1.165) is 38.8 Å². The first-order valence-electron chi connectivity index (χ1n) is 6.93. The highest BCUT2D eigenvalue weighted by Gasteiger charge is 2.57. The van der Waals surface area contributed by atoms with Crippen molar-refractivity contribution in [1.82, 2.24) is 16.0 Å². The van der Waals surface area contributed by atoms with Crippen LogP contribution in [0.2, 0.25) is 0 Å². The van der Waals surface area contributed by atoms with Crippen LogP contribution in [0.5, 0.6) is 0 Å². The number of hydrogen-bond acceptors (Lipinski definition) is 3. The normalized spacial score (nSPS) is 24.6. The smallest absolute Gasteiger partial charge is 0.239 e. The third-order valence-corrected chi connectivity index (χ3v) is 4.10. The van der Waals surface area contributed by atoms with Gasteiger partial charge in [-0.1, -0.05) is 6.92 Å². The SMILES string of the molecule is CCCNC(=O)CNC(=O)[C@H]1CC12CCNCC2. The minimum atomic E-state index is -0.0924. The molecule has 0 radical (unpaired) electrons. The molecule has 0 aromatic rings. The second-order valence-corrected chi connectivity index (χ2v) is 5.44. The average Bonchev–Trinajstić information content (AvgIpc) is 3.08. The standard InChI is InChI=1S/C13H23N3O2/c1-2-5-15-11(17)9-16-12(18)10-8-13(10)3-6-14-7-4-13/h10,14H,2-9H2,1H3,(H,15,17)(H,16,18)/t10-/m1/s1. The van der Waals surface area contributed by atoms with Crippen LogP contribution in [0.3, 0.4) is 0 Å². The Kier molecular flexibility index (Phi) is 4.22. The molecule has 0 aromatic heterocycles. The fourth-order valence-electron chi connectivity index (χ4n) is 2.81. The lowest BCUT2D eigenvalue weighted by atomic mass is 9.92. The zero-order chi connectivity index (χ0) is 13.0. The maximum absolute atomic E-state index is 11.9. The Labute approximate surface area is 108 Å². The zero-order valence-electron chi connectivity index (χ0n) is 11.1. The van der Waals surface area contributed by atoms with E-state index in [9.17, 15) is 9.59 Å². The fourth-order valence-corrected chi connectivity index (χ4v) is 2.81. The summed E-state index contributed by atoms with van der Waals surface area (Å²) in [6, 6.07) is 0. The number of amides is 2. The van der Waals surface area contributed by atoms with E-state index in [0.29, 0.717) is 6.54 Å². The van der Waals surface area contributed by atoms with Gasteiger partial charge < -0.3 is 16.0 Å². The molecule has 1 aliphatic heterocycles. The van der Waals surface area contributed by atoms with E-state index >= 15 is 0 Å². The molecule has 3 N–H and O–H groups in total. The minimum absolute atomic E-state index is 0.0588. The number of carbonyl (C=O) groups is 2. The van der Waals surface area contributed by atoms with Crippen molar-refractivity contribution in [2.45, 2.75) is 32.6 Å². The van der Waals surface area contributed by atoms with E-state index in [2.05, 4.69) is 16.0 Å². The first-order chi connectivity index (χ1) is 8.68. The molecule has 5 nitrogen and oxygen atoms in total. The zero-order valence-corrected chi connectivity index (χ0v) is 11.1. The number of piperidine rings is 1. The summed E-state index contributed by atoms with van der Waals surface area (Å²) < 4.78 is 0. The van der Waals surface area contributed by atoms with Gasteiger partial charge in [-0.15, -0.1) is 0 Å². The maximum Gasteiger partial charge on any atom is 0.239 e. The Balaban J connectivity index is 1.68. The molecular weight excluding hydrogens is 230 g/mol. The Morgan fingerprint density at radius 1 is 1.28 bits per heavy atom. The van der Waals surface area contributed by atoms with Gasteiger partial charge >= 0.3 is 0 Å². The molecule has 102 valence electrons. The first kappa shape index (κ1) is 13.3. The quantitative estimate of drug-likeness (QED) is 0.647. The number of nitrogens with one attached hydrogen (secondary N) is 3. The van der Waals surface area contributed by atoms with Gasteiger partial charge in [0.1, 0.15) is 0 Å². The summed E-state index contributed by atoms with van der Waals surface area (Å²) in [4.78, 5) is 23.3. The van der Waals surface area contributed by atoms with Crippen LogP contribution in [0.25, 0.3) is 0 Å². The lowest BCUT2D eigenvalue weighted by Crippen LogP contribution is -2.39. The molecule has 5 heteroatoms. The summed E-state index contributed by atoms with van der Waals surface area (Å²) in [5.74, 6) is 0.104. The van der Waals surface area contributed by atoms with Crippen molar-refractivity contribution >= 4 is 11.8 Å². The second-order valence-electron chi connectivity index (χ2n) is 5.44. The molecule has 2 rings (SSSR count). The van der Waals surface area contributed by atoms with Crippen LogP contribution in [0, 0.1) is 11.3 Å². The molecule has 0 aromatic carbocycles. The van der Waals surface area contributed by atoms with Gasteiger partial charge in [0.2, 0.25) is 11.8 Å². The third kappa shape index (κ3) is 3.02. The number of rotatable bonds is 5. The summed E-state index contributed by atoms with van der Waals surface area (Å²) in [6.45, 7) is 4.82. The van der Waals surface area contributed by atoms with E-state index in [4.69, 9.17) is 0 Å². The fraction of sp³-hybridized carbons (Fsp3) is 0.846. The van der Waals surface area contributed by atoms with Gasteiger partial charge in [0.05, 0.1) is 6.54 Å². The summed E-state index contributed by atoms with van der Waals surface area (Å²) >= 11 is 0. The summed E-state index contributed by atoms with van der Waals surface area (Å²) in [6.07, 6.45) is 4.09. The van der Waals surface area contributed by atoms with Crippen LogP contribution in [0.1, 0.15) is 32.6 Å². The van der Waals surface area contributed by atoms with Crippen LogP contribution < -0.4 is 16.0 Å². The Bertz CT molecular complexity index is 324. The van der Waals surface area contributed by atoms with E-state index in [1.54, 1.807) is 0 Å². The Hall–Kier alpha value is -1.10. The molecule has 0 bridgehead atoms. The highest BCUT2D eigenvalue weighted by molar-refractivity contribution is 5.87. The van der Waals surface area contributed by atoms with Crippen molar-refractivity contribution in [2.75, 3.05) is 26.2 Å². The van der Waals surface area contributed by atoms with Crippen molar-refractivity contribution in [3.63, 3.8) is 0 Å². The summed E-state index contributed by atoms with van der Waals surface area (Å²) in [7, 11) is 0. The number of carbonyl (C=O) groups excluding carboxylic acids is 2. The van der Waals surface area contributed by atoms with Crippen LogP contribution >= 0.6 is 0 Å². The van der Waals surface area contributed by atoms with E-state index in [-0.39, 0.29) is 29.7 Å². The highest BCUT2D eigenvalue weighted by atomic mass is 16.2. The van der Waals surface area contributed by atoms with Crippen molar-refractivity contribution in [1.29, 1.82) is 0 Å². The van der Waals surface area contributed by atoms with Gasteiger partial charge in [-0.25, -0.2) is 0 Å². The van der Waals surface area contributed by atoms with Crippen molar-refractivity contribution < 1.29 is 9.59 Å². The molecule has 2 aliphatic rings. The molecule has 1 atom stereocenters. The highest BCUT2D eigenvalue weighted by Crippen LogP contribution is 2.58. The molecular formula is C13H23N3O2. The van der Waals surface area contributed by atoms with E-state index in [1.807, 2.05) is 6.92 Å². The molecule has 1 saturated heterocycles. The largest absolute Gasteiger partial charge is 0.355 e. The summed E-state index contributed by atoms with van der Waals surface area (Å²) in [5.41, 5.74) is 0.245. The third-order valence-electron chi connectivity index (χ3n) is 4.10. The second kappa shape index (κ2) is 5.69. The molecule has 18 heavy (non-hydrogen) atoms. The lowest BCUT2D eigenvalue weighted by molar-refractivity contribution is -0.127. The lowest BCUT2D eigenvalue weighted by Gasteiger charge is -2.23. The molecule has 2 fully saturated rings. The average molecular weight is 253 g/mol. The van der Waals surface area contributed by atoms with Crippen LogP contribution in [-0.2, 0) is 9.59 Å². The Morgan fingerprint density at radius 3 is 2.67 bits per heavy atom. The van der Waals surface area contributed by atoms with Gasteiger partial charge in [-0.2, -0.15) is 0 Å². The monoisotopic (exact) mass is 253 g/mol. The first-order valence-corrected chi connectivity index (χ1v) is 6.93. The van der Waals surface area contributed by atoms with Gasteiger partial charge in [0.25, 0.3) is 0 Å². The molecule has 1 spiro atoms. The predicted octanol–water partition coefficient (Wildman–Crippen LogP) is 0.0185. The van der Waals surface area contributed by atoms with Crippen molar-refractivity contribution in [3.05, 3.63) is 0 Å². The molecule has 1 saturated carbocycles. The maximum atomic E-state index is 11.9. The van der Waals surface area contributed by atoms with Crippen molar-refractivity contribution in [3.8, 4) is 0 Å². The predicted molar refractivity (Wildman–Crippen MR) is 69.0 cm³/mol. The molecule has 0 unspecified atom stereocenters. The molecule has 1 aliphatic carbocycles. The minimum Gasteiger partial charge on any atom is -0.355 e. The van der Waals surface area contributed by atoms with E-state index < -0.39 is 0 Å². The van der Waals surface area contributed by atoms with Gasteiger partial charge in [-0.3, -0.25) is 9.59 Å². The van der Waals surface area contributed by atoms with Crippen molar-refractivity contribution in [2.24, 2.45) is 11.3 Å². The molecule has 1 heterocycles. The van der Waals surface area contributed by atoms with Crippen LogP contribution in [0.4, 0.5) is 0 Å². The van der Waals surface area contributed by atoms with Crippen LogP contribution in [0.15, 0.2) is 0 Å². The number of hydrogen-bond donors (Lipinski definition) is 3. The van der Waals surface area contributed by atoms with Gasteiger partial charge in [0, 0.05) is 12.5 Å². The van der Waals surface area contributed by atoms with Gasteiger partial charge in [0.15, 0.2) is 0 Å². The van der Waals surface area contributed by atoms with Gasteiger partial charge in [-0.05, 0) is 44.2 Å². The molecule has 2 amide bonds. The topological polar surface area (TPSA) is 70.2 Å². The summed E-state index contributed by atoms with van der Waals surface area (Å²) in [5, 5.41) is 8.83. The van der Waals surface area contributed by atoms with E-state index in [1.165, 1.54) is 0 Å².